The molecule has 2 N–H and O–H groups in total. The number of ether oxygens (including phenoxy) is 2. The summed E-state index contributed by atoms with van der Waals surface area (Å²) in [5.41, 5.74) is 2.69. The van der Waals surface area contributed by atoms with E-state index in [-0.39, 0.29) is 31.0 Å². The minimum Gasteiger partial charge on any atom is -0.492 e. The zero-order valence-corrected chi connectivity index (χ0v) is 16.9. The van der Waals surface area contributed by atoms with Gasteiger partial charge in [0.2, 0.25) is 5.91 Å². The van der Waals surface area contributed by atoms with E-state index >= 15 is 0 Å². The topological polar surface area (TPSA) is 97.0 Å². The van der Waals surface area contributed by atoms with Crippen LogP contribution >= 0.6 is 0 Å². The highest BCUT2D eigenvalue weighted by Crippen LogP contribution is 2.38. The minimum atomic E-state index is -0.427. The smallest absolute Gasteiger partial charge is 0.324 e. The zero-order chi connectivity index (χ0) is 21.3. The summed E-state index contributed by atoms with van der Waals surface area (Å²) in [6.45, 7) is 4.46. The molecule has 0 bridgehead atoms. The summed E-state index contributed by atoms with van der Waals surface area (Å²) in [6, 6.07) is 10.1. The predicted octanol–water partition coefficient (Wildman–Crippen LogP) is 2.71. The Hall–Kier alpha value is -3.55. The number of hydrogen-bond acceptors (Lipinski definition) is 5. The minimum absolute atomic E-state index is 0.00175. The zero-order valence-electron chi connectivity index (χ0n) is 16.9. The van der Waals surface area contributed by atoms with Gasteiger partial charge in [-0.15, -0.1) is 0 Å². The number of benzene rings is 2. The number of fused-ring (bicyclic) bond motifs is 1. The van der Waals surface area contributed by atoms with Crippen LogP contribution in [-0.4, -0.2) is 42.0 Å². The second-order valence-electron chi connectivity index (χ2n) is 7.31. The molecular weight excluding hydrogens is 386 g/mol. The van der Waals surface area contributed by atoms with E-state index in [1.807, 2.05) is 19.9 Å². The van der Waals surface area contributed by atoms with Crippen LogP contribution in [0.5, 0.6) is 11.5 Å². The number of urea groups is 1. The predicted molar refractivity (Wildman–Crippen MR) is 110 cm³/mol. The van der Waals surface area contributed by atoms with Gasteiger partial charge >= 0.3 is 6.03 Å². The molecule has 1 fully saturated rings. The van der Waals surface area contributed by atoms with Gasteiger partial charge in [-0.2, -0.15) is 0 Å². The number of anilines is 1. The van der Waals surface area contributed by atoms with Crippen molar-refractivity contribution >= 4 is 23.5 Å². The maximum atomic E-state index is 12.9. The molecule has 2 heterocycles. The number of nitrogens with zero attached hydrogens (tertiary/aromatic N) is 1. The number of amides is 4. The lowest BCUT2D eigenvalue weighted by Gasteiger charge is -2.15. The fraction of sp³-hybridized carbons (Fsp3) is 0.318. The Morgan fingerprint density at radius 3 is 2.87 bits per heavy atom. The maximum Gasteiger partial charge on any atom is 0.324 e. The van der Waals surface area contributed by atoms with Crippen molar-refractivity contribution < 1.29 is 23.9 Å². The van der Waals surface area contributed by atoms with Gasteiger partial charge in [-0.25, -0.2) is 4.79 Å². The molecule has 156 valence electrons. The van der Waals surface area contributed by atoms with E-state index in [9.17, 15) is 14.4 Å². The van der Waals surface area contributed by atoms with Crippen LogP contribution in [0, 0.1) is 0 Å². The van der Waals surface area contributed by atoms with Crippen LogP contribution in [0.15, 0.2) is 36.4 Å². The third-order valence-electron chi connectivity index (χ3n) is 5.01. The quantitative estimate of drug-likeness (QED) is 0.715. The SMILES string of the molecule is CCOc1cc2c(cc1NC(=O)c1cccc(CN3C(=O)CNC3=O)c1)O[C@H](C)C2. The second-order valence-corrected chi connectivity index (χ2v) is 7.31. The number of rotatable bonds is 6. The molecule has 1 atom stereocenters. The average molecular weight is 409 g/mol. The van der Waals surface area contributed by atoms with E-state index in [1.54, 1.807) is 30.3 Å². The van der Waals surface area contributed by atoms with Crippen LogP contribution in [0.25, 0.3) is 0 Å². The van der Waals surface area contributed by atoms with Crippen molar-refractivity contribution in [1.82, 2.24) is 10.2 Å². The van der Waals surface area contributed by atoms with Gasteiger partial charge in [0, 0.05) is 23.6 Å². The highest BCUT2D eigenvalue weighted by Gasteiger charge is 2.28. The number of carbonyl (C=O) groups is 3. The van der Waals surface area contributed by atoms with Crippen molar-refractivity contribution in [2.24, 2.45) is 0 Å². The van der Waals surface area contributed by atoms with E-state index in [0.29, 0.717) is 29.2 Å². The third kappa shape index (κ3) is 3.94. The van der Waals surface area contributed by atoms with Crippen molar-refractivity contribution in [2.45, 2.75) is 32.9 Å². The van der Waals surface area contributed by atoms with Gasteiger partial charge in [0.15, 0.2) is 0 Å². The molecule has 0 unspecified atom stereocenters. The fourth-order valence-electron chi connectivity index (χ4n) is 3.62. The summed E-state index contributed by atoms with van der Waals surface area (Å²) in [5, 5.41) is 5.37. The van der Waals surface area contributed by atoms with Crippen LogP contribution in [-0.2, 0) is 17.8 Å². The molecule has 0 aromatic heterocycles. The van der Waals surface area contributed by atoms with E-state index < -0.39 is 6.03 Å². The van der Waals surface area contributed by atoms with Gasteiger partial charge in [-0.3, -0.25) is 14.5 Å². The summed E-state index contributed by atoms with van der Waals surface area (Å²) in [4.78, 5) is 37.6. The molecule has 2 aliphatic rings. The third-order valence-corrected chi connectivity index (χ3v) is 5.01. The molecule has 0 saturated carbocycles. The molecule has 0 radical (unpaired) electrons. The normalized spacial score (nSPS) is 17.4. The molecule has 2 aromatic rings. The number of imide groups is 1. The molecule has 2 aromatic carbocycles. The Morgan fingerprint density at radius 1 is 1.30 bits per heavy atom. The number of nitrogens with one attached hydrogen (secondary N) is 2. The molecule has 8 heteroatoms. The molecule has 1 saturated heterocycles. The molecule has 30 heavy (non-hydrogen) atoms. The summed E-state index contributed by atoms with van der Waals surface area (Å²) in [6.07, 6.45) is 0.886. The molecule has 4 rings (SSSR count). The van der Waals surface area contributed by atoms with Crippen molar-refractivity contribution in [3.8, 4) is 11.5 Å². The highest BCUT2D eigenvalue weighted by molar-refractivity contribution is 6.05. The first-order valence-corrected chi connectivity index (χ1v) is 9.89. The molecular formula is C22H23N3O5. The van der Waals surface area contributed by atoms with Crippen molar-refractivity contribution in [1.29, 1.82) is 0 Å². The van der Waals surface area contributed by atoms with Crippen molar-refractivity contribution in [3.63, 3.8) is 0 Å². The number of carbonyl (C=O) groups excluding carboxylic acids is 3. The van der Waals surface area contributed by atoms with E-state index in [0.717, 1.165) is 22.6 Å². The molecule has 4 amide bonds. The lowest BCUT2D eigenvalue weighted by Crippen LogP contribution is -2.30. The van der Waals surface area contributed by atoms with Crippen LogP contribution in [0.2, 0.25) is 0 Å². The van der Waals surface area contributed by atoms with Gasteiger partial charge in [0.25, 0.3) is 5.91 Å². The molecule has 2 aliphatic heterocycles. The van der Waals surface area contributed by atoms with Crippen molar-refractivity contribution in [2.75, 3.05) is 18.5 Å². The van der Waals surface area contributed by atoms with E-state index in [2.05, 4.69) is 10.6 Å². The summed E-state index contributed by atoms with van der Waals surface area (Å²) < 4.78 is 11.5. The largest absolute Gasteiger partial charge is 0.492 e. The average Bonchev–Trinajstić information content (AvgIpc) is 3.24. The Morgan fingerprint density at radius 2 is 2.13 bits per heavy atom. The lowest BCUT2D eigenvalue weighted by atomic mass is 10.1. The van der Waals surface area contributed by atoms with Crippen LogP contribution in [0.1, 0.15) is 35.3 Å². The number of hydrogen-bond donors (Lipinski definition) is 2. The Balaban J connectivity index is 1.54. The van der Waals surface area contributed by atoms with Gasteiger partial charge in [-0.1, -0.05) is 12.1 Å². The Bertz CT molecular complexity index is 1000. The van der Waals surface area contributed by atoms with E-state index in [1.165, 1.54) is 0 Å². The van der Waals surface area contributed by atoms with Gasteiger partial charge in [0.1, 0.15) is 17.6 Å². The highest BCUT2D eigenvalue weighted by atomic mass is 16.5. The summed E-state index contributed by atoms with van der Waals surface area (Å²) in [7, 11) is 0. The lowest BCUT2D eigenvalue weighted by molar-refractivity contribution is -0.125. The first-order chi connectivity index (χ1) is 14.4. The van der Waals surface area contributed by atoms with Crippen LogP contribution in [0.4, 0.5) is 10.5 Å². The first-order valence-electron chi connectivity index (χ1n) is 9.89. The van der Waals surface area contributed by atoms with Crippen LogP contribution in [0.3, 0.4) is 0 Å². The summed E-state index contributed by atoms with van der Waals surface area (Å²) in [5.74, 6) is 0.732. The van der Waals surface area contributed by atoms with Gasteiger partial charge < -0.3 is 20.1 Å². The molecule has 0 spiro atoms. The van der Waals surface area contributed by atoms with Gasteiger partial charge in [0.05, 0.1) is 25.4 Å². The second kappa shape index (κ2) is 8.06. The first kappa shape index (κ1) is 19.8. The summed E-state index contributed by atoms with van der Waals surface area (Å²) >= 11 is 0. The fourth-order valence-corrected chi connectivity index (χ4v) is 3.62. The van der Waals surface area contributed by atoms with Gasteiger partial charge in [-0.05, 0) is 37.6 Å². The Labute approximate surface area is 174 Å². The molecule has 0 aliphatic carbocycles. The van der Waals surface area contributed by atoms with Crippen LogP contribution < -0.4 is 20.1 Å². The van der Waals surface area contributed by atoms with E-state index in [4.69, 9.17) is 9.47 Å². The monoisotopic (exact) mass is 409 g/mol. The van der Waals surface area contributed by atoms with Crippen molar-refractivity contribution in [3.05, 3.63) is 53.1 Å². The standard InChI is InChI=1S/C22H23N3O5/c1-3-29-19-9-16-7-13(2)30-18(16)10-17(19)24-21(27)15-6-4-5-14(8-15)12-25-20(26)11-23-22(25)28/h4-6,8-10,13H,3,7,11-12H2,1-2H3,(H,23,28)(H,24,27)/t13-/m1/s1. The molecule has 8 nitrogen and oxygen atoms in total. The maximum absolute atomic E-state index is 12.9. The Kier molecular flexibility index (Phi) is 5.31.